The van der Waals surface area contributed by atoms with Gasteiger partial charge in [0, 0.05) is 18.9 Å². The third-order valence-corrected chi connectivity index (χ3v) is 2.68. The summed E-state index contributed by atoms with van der Waals surface area (Å²) in [6.45, 7) is 3.00. The van der Waals surface area contributed by atoms with Crippen molar-refractivity contribution in [2.24, 2.45) is 0 Å². The molecule has 2 heterocycles. The van der Waals surface area contributed by atoms with E-state index in [-0.39, 0.29) is 5.69 Å². The van der Waals surface area contributed by atoms with Crippen molar-refractivity contribution in [1.82, 2.24) is 19.7 Å². The summed E-state index contributed by atoms with van der Waals surface area (Å²) in [6.07, 6.45) is 7.31. The maximum atomic E-state index is 11.4. The second-order valence-corrected chi connectivity index (χ2v) is 4.10. The van der Waals surface area contributed by atoms with Gasteiger partial charge in [-0.15, -0.1) is 0 Å². The third-order valence-electron chi connectivity index (χ3n) is 2.68. The Morgan fingerprint density at radius 1 is 1.47 bits per heavy atom. The molecule has 19 heavy (non-hydrogen) atoms. The van der Waals surface area contributed by atoms with Crippen LogP contribution in [-0.2, 0) is 11.3 Å². The minimum atomic E-state index is -0.470. The number of aromatic nitrogens is 4. The monoisotopic (exact) mass is 260 g/mol. The Bertz CT molecular complexity index is 565. The lowest BCUT2D eigenvalue weighted by Gasteiger charge is -2.00. The molecular weight excluding hydrogens is 244 g/mol. The zero-order valence-corrected chi connectivity index (χ0v) is 11.0. The molecule has 0 aliphatic heterocycles. The highest BCUT2D eigenvalue weighted by atomic mass is 16.5. The van der Waals surface area contributed by atoms with Crippen LogP contribution in [0, 0.1) is 0 Å². The molecule has 0 aliphatic rings. The summed E-state index contributed by atoms with van der Waals surface area (Å²) in [5, 5.41) is 4.25. The normalized spacial score (nSPS) is 10.4. The number of hydrogen-bond donors (Lipinski definition) is 0. The molecule has 100 valence electrons. The van der Waals surface area contributed by atoms with E-state index in [9.17, 15) is 4.79 Å². The predicted molar refractivity (Wildman–Crippen MR) is 69.5 cm³/mol. The molecule has 0 unspecified atom stereocenters. The molecule has 6 heteroatoms. The van der Waals surface area contributed by atoms with E-state index >= 15 is 0 Å². The summed E-state index contributed by atoms with van der Waals surface area (Å²) < 4.78 is 6.49. The molecule has 0 aliphatic carbocycles. The number of ether oxygens (including phenoxy) is 1. The number of unbranched alkanes of at least 4 members (excludes halogenated alkanes) is 1. The molecule has 0 radical (unpaired) electrons. The van der Waals surface area contributed by atoms with Crippen LogP contribution >= 0.6 is 0 Å². The molecule has 0 aromatic carbocycles. The van der Waals surface area contributed by atoms with E-state index in [0.717, 1.165) is 24.9 Å². The van der Waals surface area contributed by atoms with Crippen molar-refractivity contribution >= 4 is 5.97 Å². The molecular formula is C13H16N4O2. The molecule has 0 N–H and O–H groups in total. The topological polar surface area (TPSA) is 69.9 Å². The van der Waals surface area contributed by atoms with Crippen LogP contribution in [0.3, 0.4) is 0 Å². The van der Waals surface area contributed by atoms with Gasteiger partial charge in [0.15, 0.2) is 11.5 Å². The van der Waals surface area contributed by atoms with Crippen molar-refractivity contribution in [3.63, 3.8) is 0 Å². The molecule has 0 atom stereocenters. The van der Waals surface area contributed by atoms with Crippen molar-refractivity contribution in [3.8, 4) is 11.4 Å². The zero-order valence-electron chi connectivity index (χ0n) is 11.0. The Kier molecular flexibility index (Phi) is 4.22. The minimum absolute atomic E-state index is 0.244. The summed E-state index contributed by atoms with van der Waals surface area (Å²) >= 11 is 0. The lowest BCUT2D eigenvalue weighted by atomic mass is 10.3. The van der Waals surface area contributed by atoms with E-state index in [1.54, 1.807) is 6.20 Å². The summed E-state index contributed by atoms with van der Waals surface area (Å²) in [5.74, 6) is 0.00710. The Morgan fingerprint density at radius 3 is 3.05 bits per heavy atom. The van der Waals surface area contributed by atoms with Crippen molar-refractivity contribution in [2.45, 2.75) is 26.3 Å². The highest BCUT2D eigenvalue weighted by molar-refractivity contribution is 5.87. The van der Waals surface area contributed by atoms with Crippen LogP contribution in [0.4, 0.5) is 0 Å². The highest BCUT2D eigenvalue weighted by Gasteiger charge is 2.10. The van der Waals surface area contributed by atoms with E-state index in [1.165, 1.54) is 19.4 Å². The van der Waals surface area contributed by atoms with Gasteiger partial charge in [-0.1, -0.05) is 13.3 Å². The van der Waals surface area contributed by atoms with Gasteiger partial charge in [0.05, 0.1) is 18.9 Å². The van der Waals surface area contributed by atoms with Crippen molar-refractivity contribution in [3.05, 3.63) is 30.4 Å². The number of rotatable bonds is 5. The number of esters is 1. The SMILES string of the molecule is CCCCn1cc(-c2nccc(C(=O)OC)n2)cn1. The van der Waals surface area contributed by atoms with Crippen LogP contribution in [0.25, 0.3) is 11.4 Å². The number of nitrogens with zero attached hydrogens (tertiary/aromatic N) is 4. The van der Waals surface area contributed by atoms with E-state index < -0.39 is 5.97 Å². The van der Waals surface area contributed by atoms with Gasteiger partial charge in [-0.25, -0.2) is 14.8 Å². The maximum Gasteiger partial charge on any atom is 0.356 e. The molecule has 2 aromatic rings. The zero-order chi connectivity index (χ0) is 13.7. The van der Waals surface area contributed by atoms with Gasteiger partial charge in [0.1, 0.15) is 0 Å². The van der Waals surface area contributed by atoms with Gasteiger partial charge >= 0.3 is 5.97 Å². The number of carbonyl (C=O) groups excluding carboxylic acids is 1. The maximum absolute atomic E-state index is 11.4. The summed E-state index contributed by atoms with van der Waals surface area (Å²) in [5.41, 5.74) is 1.04. The fourth-order valence-corrected chi connectivity index (χ4v) is 1.64. The third kappa shape index (κ3) is 3.15. The van der Waals surface area contributed by atoms with E-state index in [0.29, 0.717) is 5.82 Å². The molecule has 0 bridgehead atoms. The quantitative estimate of drug-likeness (QED) is 0.768. The molecule has 6 nitrogen and oxygen atoms in total. The molecule has 0 spiro atoms. The van der Waals surface area contributed by atoms with E-state index in [4.69, 9.17) is 0 Å². The fraction of sp³-hybridized carbons (Fsp3) is 0.385. The van der Waals surface area contributed by atoms with Crippen molar-refractivity contribution in [2.75, 3.05) is 7.11 Å². The van der Waals surface area contributed by atoms with E-state index in [1.807, 2.05) is 10.9 Å². The number of aryl methyl sites for hydroxylation is 1. The van der Waals surface area contributed by atoms with Crippen molar-refractivity contribution in [1.29, 1.82) is 0 Å². The van der Waals surface area contributed by atoms with Gasteiger partial charge in [-0.2, -0.15) is 5.10 Å². The first-order valence-corrected chi connectivity index (χ1v) is 6.18. The van der Waals surface area contributed by atoms with E-state index in [2.05, 4.69) is 26.7 Å². The first kappa shape index (κ1) is 13.2. The lowest BCUT2D eigenvalue weighted by Crippen LogP contribution is -2.05. The predicted octanol–water partition coefficient (Wildman–Crippen LogP) is 1.93. The molecule has 2 aromatic heterocycles. The summed E-state index contributed by atoms with van der Waals surface area (Å²) in [4.78, 5) is 19.7. The van der Waals surface area contributed by atoms with Gasteiger partial charge in [0.2, 0.25) is 0 Å². The Labute approximate surface area is 111 Å². The largest absolute Gasteiger partial charge is 0.464 e. The first-order chi connectivity index (χ1) is 9.24. The smallest absolute Gasteiger partial charge is 0.356 e. The molecule has 0 saturated heterocycles. The second-order valence-electron chi connectivity index (χ2n) is 4.10. The lowest BCUT2D eigenvalue weighted by molar-refractivity contribution is 0.0594. The highest BCUT2D eigenvalue weighted by Crippen LogP contribution is 2.14. The average molecular weight is 260 g/mol. The van der Waals surface area contributed by atoms with Gasteiger partial charge < -0.3 is 4.74 Å². The van der Waals surface area contributed by atoms with Crippen molar-refractivity contribution < 1.29 is 9.53 Å². The Balaban J connectivity index is 2.21. The Morgan fingerprint density at radius 2 is 2.32 bits per heavy atom. The van der Waals surface area contributed by atoms with Crippen LogP contribution in [0.1, 0.15) is 30.3 Å². The van der Waals surface area contributed by atoms with Crippen LogP contribution in [-0.4, -0.2) is 32.8 Å². The van der Waals surface area contributed by atoms with Crippen LogP contribution in [0.5, 0.6) is 0 Å². The second kappa shape index (κ2) is 6.08. The number of hydrogen-bond acceptors (Lipinski definition) is 5. The van der Waals surface area contributed by atoms with Crippen LogP contribution in [0.15, 0.2) is 24.7 Å². The van der Waals surface area contributed by atoms with Crippen LogP contribution < -0.4 is 0 Å². The molecule has 0 fully saturated rings. The first-order valence-electron chi connectivity index (χ1n) is 6.18. The molecule has 0 saturated carbocycles. The molecule has 0 amide bonds. The number of methoxy groups -OCH3 is 1. The van der Waals surface area contributed by atoms with Gasteiger partial charge in [-0.3, -0.25) is 4.68 Å². The van der Waals surface area contributed by atoms with Gasteiger partial charge in [-0.05, 0) is 12.5 Å². The van der Waals surface area contributed by atoms with Gasteiger partial charge in [0.25, 0.3) is 0 Å². The fourth-order valence-electron chi connectivity index (χ4n) is 1.64. The van der Waals surface area contributed by atoms with Crippen LogP contribution in [0.2, 0.25) is 0 Å². The standard InChI is InChI=1S/C13H16N4O2/c1-3-4-7-17-9-10(8-15-17)12-14-6-5-11(16-12)13(18)19-2/h5-6,8-9H,3-4,7H2,1-2H3. The Hall–Kier alpha value is -2.24. The minimum Gasteiger partial charge on any atom is -0.464 e. The summed E-state index contributed by atoms with van der Waals surface area (Å²) in [7, 11) is 1.33. The number of carbonyl (C=O) groups is 1. The average Bonchev–Trinajstić information content (AvgIpc) is 2.93. The summed E-state index contributed by atoms with van der Waals surface area (Å²) in [6, 6.07) is 1.52. The molecule has 2 rings (SSSR count).